The van der Waals surface area contributed by atoms with Crippen LogP contribution < -0.4 is 20.9 Å². The molecule has 2 aromatic heterocycles. The molecule has 0 aliphatic heterocycles. The van der Waals surface area contributed by atoms with E-state index < -0.39 is 23.9 Å². The largest absolute Gasteiger partial charge is 0.496 e. The Morgan fingerprint density at radius 3 is 2.46 bits per heavy atom. The van der Waals surface area contributed by atoms with Crippen molar-refractivity contribution in [1.29, 1.82) is 5.26 Å². The van der Waals surface area contributed by atoms with Gasteiger partial charge in [-0.15, -0.1) is 0 Å². The van der Waals surface area contributed by atoms with Gasteiger partial charge in [-0.05, 0) is 42.2 Å². The van der Waals surface area contributed by atoms with Crippen molar-refractivity contribution in [3.63, 3.8) is 0 Å². The third kappa shape index (κ3) is 5.81. The van der Waals surface area contributed by atoms with E-state index in [1.54, 1.807) is 25.3 Å². The highest BCUT2D eigenvalue weighted by atomic mass is 16.5. The molecule has 4 N–H and O–H groups in total. The molecule has 2 amide bonds. The standard InChI is InChI=1S/C28H29N5O4/c1-16(2)11-23(33-28(36)24-14-20-22(31-24)9-6-10-25(20)37-3)27(35)30-18(15-29)12-17-13-26(34)32-21-8-5-4-7-19(17)21/h4-10,13-14,16,18,23,31H,11-12H2,1-3H3,(H,30,35)(H,32,34)(H,33,36)/t18-,23+/m1/s1. The number of aromatic nitrogens is 2. The van der Waals surface area contributed by atoms with Gasteiger partial charge in [0.2, 0.25) is 11.5 Å². The number of nitriles is 1. The average molecular weight is 500 g/mol. The summed E-state index contributed by atoms with van der Waals surface area (Å²) in [6.07, 6.45) is 0.532. The number of methoxy groups -OCH3 is 1. The number of carbonyl (C=O) groups is 2. The van der Waals surface area contributed by atoms with Crippen LogP contribution >= 0.6 is 0 Å². The number of nitrogens with zero attached hydrogens (tertiary/aromatic N) is 1. The van der Waals surface area contributed by atoms with E-state index in [2.05, 4.69) is 26.7 Å². The number of hydrogen-bond acceptors (Lipinski definition) is 5. The number of nitrogens with one attached hydrogen (secondary N) is 4. The molecule has 0 aliphatic rings. The molecule has 190 valence electrons. The SMILES string of the molecule is COc1cccc2[nH]c(C(=O)N[C@@H](CC(C)C)C(=O)N[C@@H](C#N)Cc3cc(=O)[nH]c4ccccc34)cc12. The number of para-hydroxylation sites is 1. The number of amides is 2. The van der Waals surface area contributed by atoms with Crippen LogP contribution in [0.5, 0.6) is 5.75 Å². The van der Waals surface area contributed by atoms with Gasteiger partial charge in [0.25, 0.3) is 5.91 Å². The van der Waals surface area contributed by atoms with Crippen LogP contribution in [0.3, 0.4) is 0 Å². The molecule has 37 heavy (non-hydrogen) atoms. The molecular weight excluding hydrogens is 470 g/mol. The van der Waals surface area contributed by atoms with Crippen LogP contribution in [0, 0.1) is 17.2 Å². The zero-order valence-corrected chi connectivity index (χ0v) is 20.9. The van der Waals surface area contributed by atoms with Crippen LogP contribution in [0.2, 0.25) is 0 Å². The van der Waals surface area contributed by atoms with Crippen LogP contribution in [0.25, 0.3) is 21.8 Å². The van der Waals surface area contributed by atoms with E-state index in [9.17, 15) is 19.6 Å². The molecule has 2 atom stereocenters. The lowest BCUT2D eigenvalue weighted by Crippen LogP contribution is -2.50. The topological polar surface area (TPSA) is 140 Å². The Kier molecular flexibility index (Phi) is 7.58. The molecule has 0 unspecified atom stereocenters. The van der Waals surface area contributed by atoms with Crippen molar-refractivity contribution in [3.05, 3.63) is 76.2 Å². The first-order valence-electron chi connectivity index (χ1n) is 12.1. The Morgan fingerprint density at radius 2 is 1.73 bits per heavy atom. The first-order chi connectivity index (χ1) is 17.8. The smallest absolute Gasteiger partial charge is 0.268 e. The molecule has 4 rings (SSSR count). The van der Waals surface area contributed by atoms with Gasteiger partial charge in [-0.3, -0.25) is 14.4 Å². The van der Waals surface area contributed by atoms with E-state index in [1.165, 1.54) is 6.07 Å². The van der Waals surface area contributed by atoms with Gasteiger partial charge in [0, 0.05) is 34.3 Å². The number of rotatable bonds is 9. The lowest BCUT2D eigenvalue weighted by molar-refractivity contribution is -0.123. The van der Waals surface area contributed by atoms with Crippen LogP contribution in [-0.4, -0.2) is 41.0 Å². The summed E-state index contributed by atoms with van der Waals surface area (Å²) in [7, 11) is 1.56. The van der Waals surface area contributed by atoms with E-state index in [1.807, 2.05) is 44.2 Å². The molecule has 0 fully saturated rings. The van der Waals surface area contributed by atoms with E-state index in [-0.39, 0.29) is 17.9 Å². The third-order valence-electron chi connectivity index (χ3n) is 6.15. The Hall–Kier alpha value is -4.58. The normalized spacial score (nSPS) is 12.7. The summed E-state index contributed by atoms with van der Waals surface area (Å²) >= 11 is 0. The number of ether oxygens (including phenoxy) is 1. The minimum absolute atomic E-state index is 0.107. The van der Waals surface area contributed by atoms with Gasteiger partial charge < -0.3 is 25.3 Å². The van der Waals surface area contributed by atoms with Gasteiger partial charge in [-0.1, -0.05) is 38.1 Å². The van der Waals surface area contributed by atoms with Crippen LogP contribution in [-0.2, 0) is 11.2 Å². The van der Waals surface area contributed by atoms with E-state index in [0.29, 0.717) is 28.9 Å². The number of aromatic amines is 2. The molecule has 0 radical (unpaired) electrons. The zero-order chi connectivity index (χ0) is 26.5. The maximum atomic E-state index is 13.2. The van der Waals surface area contributed by atoms with Crippen molar-refractivity contribution >= 4 is 33.6 Å². The first-order valence-corrected chi connectivity index (χ1v) is 12.1. The number of hydrogen-bond donors (Lipinski definition) is 4. The van der Waals surface area contributed by atoms with Crippen molar-refractivity contribution in [2.24, 2.45) is 5.92 Å². The lowest BCUT2D eigenvalue weighted by atomic mass is 10.00. The Bertz CT molecular complexity index is 1550. The fourth-order valence-corrected chi connectivity index (χ4v) is 4.43. The second-order valence-electron chi connectivity index (χ2n) is 9.36. The van der Waals surface area contributed by atoms with Crippen molar-refractivity contribution in [1.82, 2.24) is 20.6 Å². The van der Waals surface area contributed by atoms with Gasteiger partial charge in [0.05, 0.1) is 13.2 Å². The molecule has 0 saturated heterocycles. The van der Waals surface area contributed by atoms with E-state index in [4.69, 9.17) is 4.74 Å². The predicted octanol–water partition coefficient (Wildman–Crippen LogP) is 3.41. The van der Waals surface area contributed by atoms with Gasteiger partial charge >= 0.3 is 0 Å². The van der Waals surface area contributed by atoms with Crippen molar-refractivity contribution in [2.45, 2.75) is 38.8 Å². The Labute approximate surface area is 213 Å². The summed E-state index contributed by atoms with van der Waals surface area (Å²) < 4.78 is 5.36. The highest BCUT2D eigenvalue weighted by Crippen LogP contribution is 2.26. The highest BCUT2D eigenvalue weighted by molar-refractivity contribution is 6.01. The summed E-state index contributed by atoms with van der Waals surface area (Å²) in [4.78, 5) is 44.2. The van der Waals surface area contributed by atoms with E-state index >= 15 is 0 Å². The molecule has 9 heteroatoms. The summed E-state index contributed by atoms with van der Waals surface area (Å²) in [5.74, 6) is -0.158. The third-order valence-corrected chi connectivity index (χ3v) is 6.15. The fraction of sp³-hybridized carbons (Fsp3) is 0.286. The summed E-state index contributed by atoms with van der Waals surface area (Å²) in [5, 5.41) is 16.9. The summed E-state index contributed by atoms with van der Waals surface area (Å²) in [5.41, 5.74) is 2.07. The minimum atomic E-state index is -0.887. The Balaban J connectivity index is 1.52. The van der Waals surface area contributed by atoms with Crippen molar-refractivity contribution < 1.29 is 14.3 Å². The molecule has 0 saturated carbocycles. The number of benzene rings is 2. The molecule has 4 aromatic rings. The van der Waals surface area contributed by atoms with Gasteiger partial charge in [0.1, 0.15) is 23.5 Å². The maximum absolute atomic E-state index is 13.2. The van der Waals surface area contributed by atoms with Crippen LogP contribution in [0.1, 0.15) is 36.3 Å². The second-order valence-corrected chi connectivity index (χ2v) is 9.36. The van der Waals surface area contributed by atoms with Gasteiger partial charge in [-0.2, -0.15) is 5.26 Å². The fourth-order valence-electron chi connectivity index (χ4n) is 4.43. The van der Waals surface area contributed by atoms with E-state index in [0.717, 1.165) is 16.3 Å². The Morgan fingerprint density at radius 1 is 1.00 bits per heavy atom. The van der Waals surface area contributed by atoms with Crippen LogP contribution in [0.4, 0.5) is 0 Å². The number of pyridine rings is 1. The number of carbonyl (C=O) groups excluding carboxylic acids is 2. The first kappa shape index (κ1) is 25.5. The lowest BCUT2D eigenvalue weighted by Gasteiger charge is -2.22. The van der Waals surface area contributed by atoms with Crippen molar-refractivity contribution in [2.75, 3.05) is 7.11 Å². The van der Waals surface area contributed by atoms with Gasteiger partial charge in [0.15, 0.2) is 0 Å². The molecule has 9 nitrogen and oxygen atoms in total. The molecule has 2 heterocycles. The highest BCUT2D eigenvalue weighted by Gasteiger charge is 2.26. The van der Waals surface area contributed by atoms with Gasteiger partial charge in [-0.25, -0.2) is 0 Å². The summed E-state index contributed by atoms with van der Waals surface area (Å²) in [6.45, 7) is 3.90. The quantitative estimate of drug-likeness (QED) is 0.279. The molecular formula is C28H29N5O4. The molecule has 0 aliphatic carbocycles. The predicted molar refractivity (Wildman–Crippen MR) is 141 cm³/mol. The molecule has 0 spiro atoms. The minimum Gasteiger partial charge on any atom is -0.496 e. The summed E-state index contributed by atoms with van der Waals surface area (Å²) in [6, 6.07) is 16.3. The molecule has 2 aromatic carbocycles. The van der Waals surface area contributed by atoms with Crippen molar-refractivity contribution in [3.8, 4) is 11.8 Å². The van der Waals surface area contributed by atoms with Crippen LogP contribution in [0.15, 0.2) is 59.4 Å². The monoisotopic (exact) mass is 499 g/mol. The maximum Gasteiger partial charge on any atom is 0.268 e. The number of fused-ring (bicyclic) bond motifs is 2. The average Bonchev–Trinajstić information content (AvgIpc) is 3.32. The zero-order valence-electron chi connectivity index (χ0n) is 20.9. The second kappa shape index (κ2) is 11.0. The molecule has 0 bridgehead atoms. The number of H-pyrrole nitrogens is 2.